The molecule has 0 spiro atoms. The first-order chi connectivity index (χ1) is 7.68. The van der Waals surface area contributed by atoms with Crippen molar-refractivity contribution >= 4 is 0 Å². The van der Waals surface area contributed by atoms with Crippen LogP contribution in [0.2, 0.25) is 0 Å². The van der Waals surface area contributed by atoms with E-state index in [9.17, 15) is 0 Å². The second-order valence-electron chi connectivity index (χ2n) is 4.94. The van der Waals surface area contributed by atoms with Gasteiger partial charge in [0.05, 0.1) is 11.7 Å². The number of hydrogen-bond donors (Lipinski definition) is 1. The van der Waals surface area contributed by atoms with Gasteiger partial charge in [0.15, 0.2) is 0 Å². The molecular formula is C13H21N3. The number of rotatable bonds is 5. The van der Waals surface area contributed by atoms with Crippen LogP contribution in [0.15, 0.2) is 24.4 Å². The highest BCUT2D eigenvalue weighted by Gasteiger charge is 2.28. The van der Waals surface area contributed by atoms with Crippen LogP contribution in [-0.2, 0) is 0 Å². The highest BCUT2D eigenvalue weighted by molar-refractivity contribution is 5.11. The van der Waals surface area contributed by atoms with Crippen LogP contribution in [0.4, 0.5) is 0 Å². The fourth-order valence-corrected chi connectivity index (χ4v) is 2.27. The van der Waals surface area contributed by atoms with E-state index in [0.29, 0.717) is 0 Å². The lowest BCUT2D eigenvalue weighted by Gasteiger charge is -2.30. The first-order valence-electron chi connectivity index (χ1n) is 6.05. The van der Waals surface area contributed by atoms with E-state index in [0.717, 1.165) is 18.2 Å². The minimum Gasteiger partial charge on any atom is -0.326 e. The molecule has 1 saturated carbocycles. The molecule has 1 aromatic rings. The Hall–Kier alpha value is -0.930. The van der Waals surface area contributed by atoms with E-state index in [1.54, 1.807) is 0 Å². The predicted molar refractivity (Wildman–Crippen MR) is 66.0 cm³/mol. The van der Waals surface area contributed by atoms with Crippen molar-refractivity contribution in [3.05, 3.63) is 30.1 Å². The Morgan fingerprint density at radius 2 is 2.25 bits per heavy atom. The maximum atomic E-state index is 6.08. The van der Waals surface area contributed by atoms with Gasteiger partial charge in [0.25, 0.3) is 0 Å². The molecule has 2 N–H and O–H groups in total. The molecule has 0 bridgehead atoms. The normalized spacial score (nSPS) is 19.8. The van der Waals surface area contributed by atoms with Crippen LogP contribution in [0, 0.1) is 5.92 Å². The molecule has 1 fully saturated rings. The summed E-state index contributed by atoms with van der Waals surface area (Å²) in [4.78, 5) is 6.78. The minimum absolute atomic E-state index is 0.110. The number of likely N-dealkylation sites (N-methyl/N-ethyl adjacent to an activating group) is 1. The van der Waals surface area contributed by atoms with Crippen molar-refractivity contribution in [3.8, 4) is 0 Å². The van der Waals surface area contributed by atoms with E-state index in [-0.39, 0.29) is 12.1 Å². The number of hydrogen-bond acceptors (Lipinski definition) is 3. The summed E-state index contributed by atoms with van der Waals surface area (Å²) in [6.45, 7) is 3.20. The zero-order valence-corrected chi connectivity index (χ0v) is 10.1. The van der Waals surface area contributed by atoms with Gasteiger partial charge in [-0.3, -0.25) is 9.88 Å². The van der Waals surface area contributed by atoms with Gasteiger partial charge in [-0.1, -0.05) is 6.07 Å². The SMILES string of the molecule is CC(N)C(c1ccccn1)N(C)CC1CC1. The van der Waals surface area contributed by atoms with Crippen molar-refractivity contribution in [1.29, 1.82) is 0 Å². The van der Waals surface area contributed by atoms with Gasteiger partial charge in [-0.15, -0.1) is 0 Å². The third-order valence-electron chi connectivity index (χ3n) is 3.21. The maximum Gasteiger partial charge on any atom is 0.0668 e. The van der Waals surface area contributed by atoms with E-state index < -0.39 is 0 Å². The molecule has 0 aromatic carbocycles. The molecule has 16 heavy (non-hydrogen) atoms. The summed E-state index contributed by atoms with van der Waals surface area (Å²) in [6.07, 6.45) is 4.59. The molecule has 0 aliphatic heterocycles. The molecule has 2 rings (SSSR count). The van der Waals surface area contributed by atoms with Crippen molar-refractivity contribution in [3.63, 3.8) is 0 Å². The van der Waals surface area contributed by atoms with Crippen LogP contribution in [0.5, 0.6) is 0 Å². The Bertz CT molecular complexity index is 319. The monoisotopic (exact) mass is 219 g/mol. The zero-order chi connectivity index (χ0) is 11.5. The smallest absolute Gasteiger partial charge is 0.0668 e. The Morgan fingerprint density at radius 1 is 1.50 bits per heavy atom. The Morgan fingerprint density at radius 3 is 2.75 bits per heavy atom. The third kappa shape index (κ3) is 2.80. The van der Waals surface area contributed by atoms with Crippen LogP contribution in [0.1, 0.15) is 31.5 Å². The molecule has 88 valence electrons. The van der Waals surface area contributed by atoms with E-state index in [2.05, 4.69) is 29.9 Å². The fraction of sp³-hybridized carbons (Fsp3) is 0.615. The molecule has 1 heterocycles. The highest BCUT2D eigenvalue weighted by Crippen LogP contribution is 2.32. The van der Waals surface area contributed by atoms with Gasteiger partial charge in [-0.05, 0) is 44.9 Å². The van der Waals surface area contributed by atoms with Crippen LogP contribution in [-0.4, -0.2) is 29.5 Å². The molecule has 2 unspecified atom stereocenters. The Balaban J connectivity index is 2.09. The van der Waals surface area contributed by atoms with E-state index in [1.165, 1.54) is 12.8 Å². The topological polar surface area (TPSA) is 42.1 Å². The summed E-state index contributed by atoms with van der Waals surface area (Å²) >= 11 is 0. The lowest BCUT2D eigenvalue weighted by atomic mass is 10.0. The van der Waals surface area contributed by atoms with Crippen LogP contribution in [0.3, 0.4) is 0 Å². The number of nitrogens with zero attached hydrogens (tertiary/aromatic N) is 2. The minimum atomic E-state index is 0.110. The number of pyridine rings is 1. The summed E-state index contributed by atoms with van der Waals surface area (Å²) in [5, 5.41) is 0. The first-order valence-corrected chi connectivity index (χ1v) is 6.05. The third-order valence-corrected chi connectivity index (χ3v) is 3.21. The average molecular weight is 219 g/mol. The van der Waals surface area contributed by atoms with Gasteiger partial charge in [0, 0.05) is 18.8 Å². The van der Waals surface area contributed by atoms with Gasteiger partial charge >= 0.3 is 0 Å². The van der Waals surface area contributed by atoms with Gasteiger partial charge in [0.1, 0.15) is 0 Å². The molecule has 1 aliphatic carbocycles. The van der Waals surface area contributed by atoms with Crippen LogP contribution in [0.25, 0.3) is 0 Å². The zero-order valence-electron chi connectivity index (χ0n) is 10.1. The summed E-state index contributed by atoms with van der Waals surface area (Å²) in [7, 11) is 2.15. The largest absolute Gasteiger partial charge is 0.326 e. The summed E-state index contributed by atoms with van der Waals surface area (Å²) in [5.41, 5.74) is 7.17. The molecule has 1 aliphatic rings. The molecular weight excluding hydrogens is 198 g/mol. The standard InChI is InChI=1S/C13H21N3/c1-10(14)13(12-5-3-4-8-15-12)16(2)9-11-6-7-11/h3-5,8,10-11,13H,6-7,9,14H2,1-2H3. The quantitative estimate of drug-likeness (QED) is 0.821. The van der Waals surface area contributed by atoms with Gasteiger partial charge < -0.3 is 5.73 Å². The molecule has 3 nitrogen and oxygen atoms in total. The molecule has 2 atom stereocenters. The molecule has 0 radical (unpaired) electrons. The van der Waals surface area contributed by atoms with E-state index in [4.69, 9.17) is 5.73 Å². The fourth-order valence-electron chi connectivity index (χ4n) is 2.27. The maximum absolute atomic E-state index is 6.08. The van der Waals surface area contributed by atoms with Gasteiger partial charge in [0.2, 0.25) is 0 Å². The van der Waals surface area contributed by atoms with Gasteiger partial charge in [-0.25, -0.2) is 0 Å². The van der Waals surface area contributed by atoms with Crippen molar-refractivity contribution in [1.82, 2.24) is 9.88 Å². The van der Waals surface area contributed by atoms with Gasteiger partial charge in [-0.2, -0.15) is 0 Å². The Kier molecular flexibility index (Phi) is 3.56. The Labute approximate surface area is 97.7 Å². The van der Waals surface area contributed by atoms with Crippen LogP contribution < -0.4 is 5.73 Å². The molecule has 1 aromatic heterocycles. The van der Waals surface area contributed by atoms with E-state index >= 15 is 0 Å². The number of aromatic nitrogens is 1. The molecule has 3 heteroatoms. The van der Waals surface area contributed by atoms with Crippen LogP contribution >= 0.6 is 0 Å². The summed E-state index contributed by atoms with van der Waals surface area (Å²) in [6, 6.07) is 6.39. The molecule has 0 saturated heterocycles. The van der Waals surface area contributed by atoms with Crippen molar-refractivity contribution in [2.24, 2.45) is 11.7 Å². The lowest BCUT2D eigenvalue weighted by molar-refractivity contribution is 0.206. The lowest BCUT2D eigenvalue weighted by Crippen LogP contribution is -2.38. The van der Waals surface area contributed by atoms with Crippen molar-refractivity contribution in [2.75, 3.05) is 13.6 Å². The first kappa shape index (κ1) is 11.6. The summed E-state index contributed by atoms with van der Waals surface area (Å²) in [5.74, 6) is 0.884. The van der Waals surface area contributed by atoms with E-state index in [1.807, 2.05) is 18.3 Å². The molecule has 0 amide bonds. The van der Waals surface area contributed by atoms with Crippen molar-refractivity contribution < 1.29 is 0 Å². The highest BCUT2D eigenvalue weighted by atomic mass is 15.2. The average Bonchev–Trinajstić information content (AvgIpc) is 3.03. The number of nitrogens with two attached hydrogens (primary N) is 1. The second kappa shape index (κ2) is 4.93. The summed E-state index contributed by atoms with van der Waals surface area (Å²) < 4.78 is 0. The predicted octanol–water partition coefficient (Wildman–Crippen LogP) is 1.81. The van der Waals surface area contributed by atoms with Crippen molar-refractivity contribution in [2.45, 2.75) is 31.8 Å². The second-order valence-corrected chi connectivity index (χ2v) is 4.94.